The van der Waals surface area contributed by atoms with E-state index in [9.17, 15) is 21.6 Å². The van der Waals surface area contributed by atoms with Gasteiger partial charge in [0.25, 0.3) is 10.0 Å². The Morgan fingerprint density at radius 1 is 1.21 bits per heavy atom. The standard InChI is InChI=1S/C23H24F3N7O3S2/c1-4-33-21(28-29-22(33)36-15-6-5-14-9-10-27-16(14)11-15)13(2)31-38(34,35)20-8-7-18(37-20)17-12-19(23(24,25)26)32(3)30-17/h5-8,11-13,27,31H,4,9-10H2,1-3H3/t13-/m1/s1. The summed E-state index contributed by atoms with van der Waals surface area (Å²) in [5, 5.41) is 15.4. The van der Waals surface area contributed by atoms with Crippen LogP contribution in [0.3, 0.4) is 0 Å². The molecule has 10 nitrogen and oxygen atoms in total. The van der Waals surface area contributed by atoms with Crippen molar-refractivity contribution >= 4 is 27.0 Å². The van der Waals surface area contributed by atoms with Crippen LogP contribution in [0.4, 0.5) is 18.9 Å². The van der Waals surface area contributed by atoms with Gasteiger partial charge in [-0.25, -0.2) is 8.42 Å². The lowest BCUT2D eigenvalue weighted by Crippen LogP contribution is -2.28. The Hall–Kier alpha value is -3.43. The van der Waals surface area contributed by atoms with Crippen LogP contribution >= 0.6 is 11.3 Å². The number of thiophene rings is 1. The maximum absolute atomic E-state index is 13.1. The Kier molecular flexibility index (Phi) is 6.69. The molecule has 0 fully saturated rings. The van der Waals surface area contributed by atoms with Crippen LogP contribution in [0.2, 0.25) is 0 Å². The molecule has 1 aliphatic heterocycles. The molecule has 15 heteroatoms. The van der Waals surface area contributed by atoms with E-state index in [1.807, 2.05) is 25.1 Å². The topological polar surface area (TPSA) is 116 Å². The van der Waals surface area contributed by atoms with Gasteiger partial charge >= 0.3 is 12.2 Å². The molecule has 4 aromatic rings. The number of sulfonamides is 1. The smallest absolute Gasteiger partial charge is 0.424 e. The van der Waals surface area contributed by atoms with Crippen LogP contribution in [0.1, 0.15) is 37.0 Å². The molecule has 0 spiro atoms. The van der Waals surface area contributed by atoms with Crippen molar-refractivity contribution in [3.8, 4) is 22.3 Å². The molecule has 0 unspecified atom stereocenters. The maximum atomic E-state index is 13.1. The Labute approximate surface area is 220 Å². The number of halogens is 3. The zero-order valence-electron chi connectivity index (χ0n) is 20.6. The van der Waals surface area contributed by atoms with Gasteiger partial charge in [-0.05, 0) is 50.1 Å². The van der Waals surface area contributed by atoms with E-state index >= 15 is 0 Å². The van der Waals surface area contributed by atoms with Gasteiger partial charge in [0.05, 0.1) is 10.9 Å². The van der Waals surface area contributed by atoms with E-state index in [1.165, 1.54) is 24.7 Å². The Bertz CT molecular complexity index is 1590. The van der Waals surface area contributed by atoms with Crippen LogP contribution in [0.15, 0.2) is 40.6 Å². The van der Waals surface area contributed by atoms with Gasteiger partial charge < -0.3 is 10.1 Å². The number of benzene rings is 1. The molecule has 0 saturated carbocycles. The van der Waals surface area contributed by atoms with E-state index in [-0.39, 0.29) is 15.9 Å². The van der Waals surface area contributed by atoms with Crippen LogP contribution in [0.5, 0.6) is 11.8 Å². The molecule has 1 aromatic carbocycles. The van der Waals surface area contributed by atoms with Crippen LogP contribution in [0, 0.1) is 0 Å². The van der Waals surface area contributed by atoms with Gasteiger partial charge in [0.2, 0.25) is 0 Å². The molecule has 1 atom stereocenters. The minimum atomic E-state index is -4.57. The minimum absolute atomic E-state index is 0.0357. The molecule has 3 aromatic heterocycles. The molecule has 202 valence electrons. The summed E-state index contributed by atoms with van der Waals surface area (Å²) in [4.78, 5) is 0.292. The number of aromatic nitrogens is 5. The zero-order valence-corrected chi connectivity index (χ0v) is 22.2. The van der Waals surface area contributed by atoms with E-state index < -0.39 is 27.9 Å². The number of ether oxygens (including phenoxy) is 1. The van der Waals surface area contributed by atoms with Gasteiger partial charge in [-0.1, -0.05) is 11.2 Å². The first-order valence-electron chi connectivity index (χ1n) is 11.7. The number of aryl methyl sites for hydroxylation is 1. The summed E-state index contributed by atoms with van der Waals surface area (Å²) in [5.41, 5.74) is 1.32. The van der Waals surface area contributed by atoms with E-state index in [2.05, 4.69) is 25.3 Å². The number of nitrogens with zero attached hydrogens (tertiary/aromatic N) is 5. The Balaban J connectivity index is 1.33. The van der Waals surface area contributed by atoms with Crippen molar-refractivity contribution in [1.29, 1.82) is 0 Å². The summed E-state index contributed by atoms with van der Waals surface area (Å²) in [6.07, 6.45) is -3.62. The van der Waals surface area contributed by atoms with Gasteiger partial charge in [-0.3, -0.25) is 9.25 Å². The number of hydrogen-bond donors (Lipinski definition) is 2. The summed E-state index contributed by atoms with van der Waals surface area (Å²) in [5.74, 6) is 0.927. The fraction of sp³-hybridized carbons (Fsp3) is 0.348. The second-order valence-electron chi connectivity index (χ2n) is 8.68. The van der Waals surface area contributed by atoms with Crippen molar-refractivity contribution in [1.82, 2.24) is 29.3 Å². The fourth-order valence-electron chi connectivity index (χ4n) is 4.23. The van der Waals surface area contributed by atoms with Crippen LogP contribution in [-0.2, 0) is 36.2 Å². The lowest BCUT2D eigenvalue weighted by Gasteiger charge is -2.15. The molecule has 0 aliphatic carbocycles. The molecule has 4 heterocycles. The molecule has 0 bridgehead atoms. The number of alkyl halides is 3. The lowest BCUT2D eigenvalue weighted by molar-refractivity contribution is -0.143. The van der Waals surface area contributed by atoms with Crippen molar-refractivity contribution in [2.45, 2.75) is 43.2 Å². The van der Waals surface area contributed by atoms with Gasteiger partial charge in [-0.2, -0.15) is 23.0 Å². The Morgan fingerprint density at radius 3 is 2.71 bits per heavy atom. The molecule has 0 saturated heterocycles. The largest absolute Gasteiger partial charge is 0.433 e. The lowest BCUT2D eigenvalue weighted by atomic mass is 10.2. The van der Waals surface area contributed by atoms with E-state index in [1.54, 1.807) is 11.5 Å². The molecule has 5 rings (SSSR count). The summed E-state index contributed by atoms with van der Waals surface area (Å²) < 4.78 is 76.4. The molecule has 0 radical (unpaired) electrons. The van der Waals surface area contributed by atoms with E-state index in [4.69, 9.17) is 4.74 Å². The van der Waals surface area contributed by atoms with Gasteiger partial charge in [0.1, 0.15) is 21.3 Å². The second kappa shape index (κ2) is 9.71. The second-order valence-corrected chi connectivity index (χ2v) is 11.7. The molecule has 2 N–H and O–H groups in total. The van der Waals surface area contributed by atoms with Gasteiger partial charge in [0.15, 0.2) is 5.82 Å². The van der Waals surface area contributed by atoms with Crippen molar-refractivity contribution in [2.24, 2.45) is 7.05 Å². The van der Waals surface area contributed by atoms with Crippen molar-refractivity contribution in [2.75, 3.05) is 11.9 Å². The van der Waals surface area contributed by atoms with E-state index in [0.29, 0.717) is 23.0 Å². The molecule has 1 aliphatic rings. The van der Waals surface area contributed by atoms with Crippen molar-refractivity contribution < 1.29 is 26.3 Å². The fourth-order valence-corrected chi connectivity index (χ4v) is 6.71. The number of nitrogens with one attached hydrogen (secondary N) is 2. The van der Waals surface area contributed by atoms with Gasteiger partial charge in [0, 0.05) is 31.9 Å². The zero-order chi connectivity index (χ0) is 27.2. The predicted octanol–water partition coefficient (Wildman–Crippen LogP) is 4.58. The first kappa shape index (κ1) is 26.2. The van der Waals surface area contributed by atoms with Crippen LogP contribution < -0.4 is 14.8 Å². The summed E-state index contributed by atoms with van der Waals surface area (Å²) in [6.45, 7) is 4.78. The predicted molar refractivity (Wildman–Crippen MR) is 135 cm³/mol. The molecule has 0 amide bonds. The van der Waals surface area contributed by atoms with Crippen LogP contribution in [-0.4, -0.2) is 39.5 Å². The highest BCUT2D eigenvalue weighted by atomic mass is 32.2. The molecule has 38 heavy (non-hydrogen) atoms. The summed E-state index contributed by atoms with van der Waals surface area (Å²) >= 11 is 0.822. The highest BCUT2D eigenvalue weighted by molar-refractivity contribution is 7.91. The number of hydrogen-bond acceptors (Lipinski definition) is 8. The SMILES string of the molecule is CCn1c(Oc2ccc3c(c2)NCC3)nnc1[C@@H](C)NS(=O)(=O)c1ccc(-c2cc(C(F)(F)F)n(C)n2)s1. The van der Waals surface area contributed by atoms with Crippen LogP contribution in [0.25, 0.3) is 10.6 Å². The summed E-state index contributed by atoms with van der Waals surface area (Å²) in [6, 6.07) is 8.82. The molecular weight excluding hydrogens is 543 g/mol. The highest BCUT2D eigenvalue weighted by Gasteiger charge is 2.35. The van der Waals surface area contributed by atoms with Gasteiger partial charge in [-0.15, -0.1) is 16.4 Å². The third-order valence-electron chi connectivity index (χ3n) is 6.05. The van der Waals surface area contributed by atoms with Crippen molar-refractivity contribution in [3.63, 3.8) is 0 Å². The van der Waals surface area contributed by atoms with E-state index in [0.717, 1.165) is 40.7 Å². The quantitative estimate of drug-likeness (QED) is 0.320. The third-order valence-corrected chi connectivity index (χ3v) is 9.19. The number of anilines is 1. The Morgan fingerprint density at radius 2 is 2.00 bits per heavy atom. The average molecular weight is 568 g/mol. The average Bonchev–Trinajstić information content (AvgIpc) is 3.63. The molecular formula is C23H24F3N7O3S2. The third kappa shape index (κ3) is 5.00. The van der Waals surface area contributed by atoms with Crippen molar-refractivity contribution in [3.05, 3.63) is 53.5 Å². The minimum Gasteiger partial charge on any atom is -0.424 e. The highest BCUT2D eigenvalue weighted by Crippen LogP contribution is 2.36. The maximum Gasteiger partial charge on any atom is 0.433 e. The number of rotatable bonds is 8. The normalized spacial score (nSPS) is 14.4. The number of fused-ring (bicyclic) bond motifs is 1. The summed E-state index contributed by atoms with van der Waals surface area (Å²) in [7, 11) is -2.84. The monoisotopic (exact) mass is 567 g/mol. The first-order valence-corrected chi connectivity index (χ1v) is 14.0. The first-order chi connectivity index (χ1) is 18.0.